The Hall–Kier alpha value is -2.17. The van der Waals surface area contributed by atoms with E-state index in [1.54, 1.807) is 0 Å². The van der Waals surface area contributed by atoms with Gasteiger partial charge in [0, 0.05) is 30.5 Å². The van der Waals surface area contributed by atoms with Gasteiger partial charge < -0.3 is 14.5 Å². The predicted octanol–water partition coefficient (Wildman–Crippen LogP) is 3.84. The second-order valence-electron chi connectivity index (χ2n) is 9.34. The summed E-state index contributed by atoms with van der Waals surface area (Å²) in [7, 11) is 4.27. The molecule has 152 valence electrons. The summed E-state index contributed by atoms with van der Waals surface area (Å²) < 4.78 is 6.53. The summed E-state index contributed by atoms with van der Waals surface area (Å²) in [5, 5.41) is 0. The van der Waals surface area contributed by atoms with Crippen LogP contribution in [0, 0.1) is 18.8 Å². The van der Waals surface area contributed by atoms with Gasteiger partial charge in [-0.1, -0.05) is 42.5 Å². The number of likely N-dealkylation sites (tertiary alicyclic amines) is 1. The Labute approximate surface area is 173 Å². The number of hydrogen-bond donors (Lipinski definition) is 0. The van der Waals surface area contributed by atoms with Crippen LogP contribution in [0.4, 0.5) is 0 Å². The molecule has 4 heteroatoms. The van der Waals surface area contributed by atoms with Crippen molar-refractivity contribution in [2.45, 2.75) is 31.5 Å². The number of aryl methyl sites for hydroxylation is 1. The van der Waals surface area contributed by atoms with Gasteiger partial charge >= 0.3 is 0 Å². The SMILES string of the molecule is Cc1ccccc1-c1ccccc1C(=O)N1C[C@@H]2[C@H](CN(C)C)[C@H]3CC[C@]2(C1)O3. The zero-order valence-electron chi connectivity index (χ0n) is 17.6. The highest BCUT2D eigenvalue weighted by Crippen LogP contribution is 2.55. The van der Waals surface area contributed by atoms with Crippen LogP contribution in [-0.2, 0) is 4.74 Å². The molecule has 3 aliphatic rings. The van der Waals surface area contributed by atoms with Crippen molar-refractivity contribution in [1.29, 1.82) is 0 Å². The standard InChI is InChI=1S/C25H30N2O2/c1-17-8-4-5-9-18(17)19-10-6-7-11-20(19)24(28)27-15-22-21(14-26(2)3)23-12-13-25(22,16-27)29-23/h4-11,21-23H,12-16H2,1-3H3/t21-,22+,23+,25+/m0/s1. The first-order valence-corrected chi connectivity index (χ1v) is 10.8. The van der Waals surface area contributed by atoms with Gasteiger partial charge in [-0.2, -0.15) is 0 Å². The van der Waals surface area contributed by atoms with E-state index in [4.69, 9.17) is 4.74 Å². The summed E-state index contributed by atoms with van der Waals surface area (Å²) >= 11 is 0. The molecule has 3 aliphatic heterocycles. The van der Waals surface area contributed by atoms with E-state index in [9.17, 15) is 4.79 Å². The Kier molecular flexibility index (Phi) is 4.52. The van der Waals surface area contributed by atoms with Crippen LogP contribution in [0.1, 0.15) is 28.8 Å². The van der Waals surface area contributed by atoms with E-state index in [0.717, 1.165) is 49.2 Å². The Morgan fingerprint density at radius 3 is 2.62 bits per heavy atom. The predicted molar refractivity (Wildman–Crippen MR) is 115 cm³/mol. The molecule has 3 saturated heterocycles. The molecule has 2 aromatic rings. The monoisotopic (exact) mass is 390 g/mol. The summed E-state index contributed by atoms with van der Waals surface area (Å²) in [5.41, 5.74) is 4.05. The van der Waals surface area contributed by atoms with Gasteiger partial charge in [-0.05, 0) is 56.6 Å². The van der Waals surface area contributed by atoms with Crippen molar-refractivity contribution in [3.05, 3.63) is 59.7 Å². The van der Waals surface area contributed by atoms with Crippen LogP contribution >= 0.6 is 0 Å². The van der Waals surface area contributed by atoms with Gasteiger partial charge in [0.05, 0.1) is 18.2 Å². The van der Waals surface area contributed by atoms with Gasteiger partial charge in [0.1, 0.15) is 0 Å². The summed E-state index contributed by atoms with van der Waals surface area (Å²) in [4.78, 5) is 18.0. The van der Waals surface area contributed by atoms with Crippen molar-refractivity contribution in [3.8, 4) is 11.1 Å². The van der Waals surface area contributed by atoms with E-state index in [2.05, 4.69) is 49.0 Å². The smallest absolute Gasteiger partial charge is 0.254 e. The minimum atomic E-state index is -0.112. The van der Waals surface area contributed by atoms with Gasteiger partial charge in [0.15, 0.2) is 0 Å². The molecule has 1 spiro atoms. The second kappa shape index (κ2) is 6.96. The number of ether oxygens (including phenoxy) is 1. The van der Waals surface area contributed by atoms with Crippen molar-refractivity contribution in [2.24, 2.45) is 11.8 Å². The summed E-state index contributed by atoms with van der Waals surface area (Å²) in [6, 6.07) is 16.3. The molecule has 0 aromatic heterocycles. The molecule has 1 amide bonds. The summed E-state index contributed by atoms with van der Waals surface area (Å²) in [6.45, 7) is 4.70. The average molecular weight is 391 g/mol. The first-order chi connectivity index (χ1) is 14.0. The van der Waals surface area contributed by atoms with Crippen molar-refractivity contribution in [2.75, 3.05) is 33.7 Å². The minimum absolute atomic E-state index is 0.112. The van der Waals surface area contributed by atoms with Crippen LogP contribution in [0.15, 0.2) is 48.5 Å². The second-order valence-corrected chi connectivity index (χ2v) is 9.34. The van der Waals surface area contributed by atoms with Crippen molar-refractivity contribution in [1.82, 2.24) is 9.80 Å². The third-order valence-corrected chi connectivity index (χ3v) is 7.24. The minimum Gasteiger partial charge on any atom is -0.369 e. The van der Waals surface area contributed by atoms with Gasteiger partial charge in [-0.3, -0.25) is 4.79 Å². The van der Waals surface area contributed by atoms with E-state index in [1.165, 1.54) is 5.56 Å². The molecule has 0 unspecified atom stereocenters. The molecule has 2 aromatic carbocycles. The molecule has 4 nitrogen and oxygen atoms in total. The van der Waals surface area contributed by atoms with Gasteiger partial charge in [0.25, 0.3) is 5.91 Å². The molecule has 5 rings (SSSR count). The van der Waals surface area contributed by atoms with E-state index in [0.29, 0.717) is 17.9 Å². The molecule has 3 heterocycles. The molecule has 0 aliphatic carbocycles. The number of benzene rings is 2. The maximum Gasteiger partial charge on any atom is 0.254 e. The highest BCUT2D eigenvalue weighted by atomic mass is 16.5. The van der Waals surface area contributed by atoms with Gasteiger partial charge in [0.2, 0.25) is 0 Å². The van der Waals surface area contributed by atoms with Crippen LogP contribution in [-0.4, -0.2) is 61.1 Å². The number of hydrogen-bond acceptors (Lipinski definition) is 3. The fourth-order valence-electron chi connectivity index (χ4n) is 5.96. The third kappa shape index (κ3) is 3.01. The number of amides is 1. The molecule has 29 heavy (non-hydrogen) atoms. The van der Waals surface area contributed by atoms with Crippen molar-refractivity contribution < 1.29 is 9.53 Å². The first kappa shape index (κ1) is 18.8. The fourth-order valence-corrected chi connectivity index (χ4v) is 5.96. The molecule has 4 atom stereocenters. The van der Waals surface area contributed by atoms with Crippen LogP contribution in [0.25, 0.3) is 11.1 Å². The molecule has 3 fully saturated rings. The van der Waals surface area contributed by atoms with Gasteiger partial charge in [-0.15, -0.1) is 0 Å². The number of carbonyl (C=O) groups excluding carboxylic acids is 1. The summed E-state index contributed by atoms with van der Waals surface area (Å²) in [5.74, 6) is 1.13. The average Bonchev–Trinajstić information content (AvgIpc) is 3.37. The normalized spacial score (nSPS) is 30.2. The zero-order chi connectivity index (χ0) is 20.2. The van der Waals surface area contributed by atoms with Gasteiger partial charge in [-0.25, -0.2) is 0 Å². The first-order valence-electron chi connectivity index (χ1n) is 10.8. The van der Waals surface area contributed by atoms with Crippen molar-refractivity contribution in [3.63, 3.8) is 0 Å². The highest BCUT2D eigenvalue weighted by molar-refractivity contribution is 6.01. The lowest BCUT2D eigenvalue weighted by atomic mass is 9.73. The van der Waals surface area contributed by atoms with E-state index >= 15 is 0 Å². The fraction of sp³-hybridized carbons (Fsp3) is 0.480. The van der Waals surface area contributed by atoms with E-state index in [-0.39, 0.29) is 11.5 Å². The highest BCUT2D eigenvalue weighted by Gasteiger charge is 2.63. The molecule has 0 N–H and O–H groups in total. The van der Waals surface area contributed by atoms with Crippen LogP contribution < -0.4 is 0 Å². The largest absolute Gasteiger partial charge is 0.369 e. The van der Waals surface area contributed by atoms with E-state index < -0.39 is 0 Å². The van der Waals surface area contributed by atoms with Crippen LogP contribution in [0.2, 0.25) is 0 Å². The quantitative estimate of drug-likeness (QED) is 0.795. The van der Waals surface area contributed by atoms with Crippen LogP contribution in [0.3, 0.4) is 0 Å². The Morgan fingerprint density at radius 1 is 1.14 bits per heavy atom. The molecular weight excluding hydrogens is 360 g/mol. The lowest BCUT2D eigenvalue weighted by Gasteiger charge is -2.30. The molecule has 2 bridgehead atoms. The van der Waals surface area contributed by atoms with Crippen molar-refractivity contribution >= 4 is 5.91 Å². The summed E-state index contributed by atoms with van der Waals surface area (Å²) in [6.07, 6.45) is 2.60. The molecule has 0 radical (unpaired) electrons. The maximum absolute atomic E-state index is 13.6. The topological polar surface area (TPSA) is 32.8 Å². The Bertz CT molecular complexity index is 940. The Balaban J connectivity index is 1.44. The Morgan fingerprint density at radius 2 is 1.86 bits per heavy atom. The maximum atomic E-state index is 13.6. The number of carbonyl (C=O) groups is 1. The number of rotatable bonds is 4. The lowest BCUT2D eigenvalue weighted by Crippen LogP contribution is -2.40. The lowest BCUT2D eigenvalue weighted by molar-refractivity contribution is 0.00257. The number of fused-ring (bicyclic) bond motifs is 1. The molecular formula is C25H30N2O2. The van der Waals surface area contributed by atoms with E-state index in [1.807, 2.05) is 30.3 Å². The van der Waals surface area contributed by atoms with Crippen LogP contribution in [0.5, 0.6) is 0 Å². The number of nitrogens with zero attached hydrogens (tertiary/aromatic N) is 2. The zero-order valence-corrected chi connectivity index (χ0v) is 17.6. The third-order valence-electron chi connectivity index (χ3n) is 7.24. The molecule has 0 saturated carbocycles.